The number of aryl methyl sites for hydroxylation is 1. The lowest BCUT2D eigenvalue weighted by Crippen LogP contribution is -1.96. The Morgan fingerprint density at radius 1 is 1.00 bits per heavy atom. The number of hydrogen-bond acceptors (Lipinski definition) is 2. The van der Waals surface area contributed by atoms with Crippen LogP contribution in [0.1, 0.15) is 15.9 Å². The van der Waals surface area contributed by atoms with E-state index in [1.165, 1.54) is 5.56 Å². The van der Waals surface area contributed by atoms with Gasteiger partial charge in [0.1, 0.15) is 0 Å². The van der Waals surface area contributed by atoms with Gasteiger partial charge in [-0.1, -0.05) is 48.5 Å². The molecule has 0 saturated heterocycles. The van der Waals surface area contributed by atoms with Gasteiger partial charge < -0.3 is 0 Å². The summed E-state index contributed by atoms with van der Waals surface area (Å²) in [6.45, 7) is 0. The van der Waals surface area contributed by atoms with Gasteiger partial charge in [-0.15, -0.1) is 0 Å². The monoisotopic (exact) mass is 242 g/mol. The van der Waals surface area contributed by atoms with Crippen molar-refractivity contribution in [1.29, 1.82) is 0 Å². The standard InChI is InChI=1S/C15H14OS/c16-11-14-8-4-7-13(9-10-17)15(14)12-5-2-1-3-6-12/h1-8,11,17H,9-10H2. The van der Waals surface area contributed by atoms with Crippen LogP contribution in [0.3, 0.4) is 0 Å². The summed E-state index contributed by atoms with van der Waals surface area (Å²) in [4.78, 5) is 11.1. The minimum Gasteiger partial charge on any atom is -0.298 e. The quantitative estimate of drug-likeness (QED) is 0.640. The zero-order chi connectivity index (χ0) is 12.1. The predicted octanol–water partition coefficient (Wildman–Crippen LogP) is 3.64. The minimum absolute atomic E-state index is 0.746. The highest BCUT2D eigenvalue weighted by molar-refractivity contribution is 7.80. The molecule has 0 aliphatic rings. The fourth-order valence-electron chi connectivity index (χ4n) is 2.00. The Morgan fingerprint density at radius 2 is 1.76 bits per heavy atom. The first-order valence-electron chi connectivity index (χ1n) is 5.60. The lowest BCUT2D eigenvalue weighted by atomic mass is 9.94. The molecule has 0 atom stereocenters. The highest BCUT2D eigenvalue weighted by Crippen LogP contribution is 2.27. The lowest BCUT2D eigenvalue weighted by molar-refractivity contribution is 0.112. The first-order valence-corrected chi connectivity index (χ1v) is 6.23. The summed E-state index contributed by atoms with van der Waals surface area (Å²) in [6.07, 6.45) is 1.79. The largest absolute Gasteiger partial charge is 0.298 e. The lowest BCUT2D eigenvalue weighted by Gasteiger charge is -2.11. The molecular formula is C15H14OS. The topological polar surface area (TPSA) is 17.1 Å². The van der Waals surface area contributed by atoms with Gasteiger partial charge in [-0.25, -0.2) is 0 Å². The summed E-state index contributed by atoms with van der Waals surface area (Å²) < 4.78 is 0. The number of benzene rings is 2. The Balaban J connectivity index is 2.60. The van der Waals surface area contributed by atoms with Gasteiger partial charge in [0.15, 0.2) is 6.29 Å². The number of rotatable bonds is 4. The normalized spacial score (nSPS) is 10.2. The van der Waals surface area contributed by atoms with Crippen molar-refractivity contribution in [3.05, 3.63) is 59.7 Å². The van der Waals surface area contributed by atoms with E-state index in [9.17, 15) is 4.79 Å². The molecular weight excluding hydrogens is 228 g/mol. The molecule has 1 nitrogen and oxygen atoms in total. The maximum atomic E-state index is 11.1. The third-order valence-corrected chi connectivity index (χ3v) is 2.98. The van der Waals surface area contributed by atoms with Crippen LogP contribution in [0.5, 0.6) is 0 Å². The maximum Gasteiger partial charge on any atom is 0.150 e. The molecule has 0 aromatic heterocycles. The molecule has 0 aliphatic carbocycles. The predicted molar refractivity (Wildman–Crippen MR) is 74.8 cm³/mol. The van der Waals surface area contributed by atoms with Crippen molar-refractivity contribution < 1.29 is 4.79 Å². The van der Waals surface area contributed by atoms with Crippen LogP contribution >= 0.6 is 12.6 Å². The van der Waals surface area contributed by atoms with Crippen molar-refractivity contribution in [2.24, 2.45) is 0 Å². The zero-order valence-corrected chi connectivity index (χ0v) is 10.4. The Hall–Kier alpha value is -1.54. The van der Waals surface area contributed by atoms with Gasteiger partial charge in [0.05, 0.1) is 0 Å². The van der Waals surface area contributed by atoms with Gasteiger partial charge in [0, 0.05) is 5.56 Å². The van der Waals surface area contributed by atoms with Crippen LogP contribution < -0.4 is 0 Å². The van der Waals surface area contributed by atoms with E-state index in [0.717, 1.165) is 35.2 Å². The molecule has 0 aliphatic heterocycles. The zero-order valence-electron chi connectivity index (χ0n) is 9.47. The van der Waals surface area contributed by atoms with E-state index < -0.39 is 0 Å². The summed E-state index contributed by atoms with van der Waals surface area (Å²) in [5.41, 5.74) is 4.05. The molecule has 0 heterocycles. The van der Waals surface area contributed by atoms with E-state index in [0.29, 0.717) is 0 Å². The Morgan fingerprint density at radius 3 is 2.41 bits per heavy atom. The Kier molecular flexibility index (Phi) is 3.99. The molecule has 2 aromatic rings. The molecule has 0 fully saturated rings. The molecule has 86 valence electrons. The summed E-state index contributed by atoms with van der Waals surface area (Å²) >= 11 is 4.27. The molecule has 0 saturated carbocycles. The second-order valence-electron chi connectivity index (χ2n) is 3.84. The van der Waals surface area contributed by atoms with E-state index in [-0.39, 0.29) is 0 Å². The van der Waals surface area contributed by atoms with Crippen LogP contribution in [0.4, 0.5) is 0 Å². The summed E-state index contributed by atoms with van der Waals surface area (Å²) in [5.74, 6) is 0.780. The van der Waals surface area contributed by atoms with E-state index in [1.54, 1.807) is 0 Å². The van der Waals surface area contributed by atoms with Crippen LogP contribution in [0.15, 0.2) is 48.5 Å². The molecule has 0 spiro atoms. The minimum atomic E-state index is 0.746. The Labute approximate surface area is 107 Å². The van der Waals surface area contributed by atoms with Gasteiger partial charge in [-0.2, -0.15) is 12.6 Å². The first-order chi connectivity index (χ1) is 8.36. The van der Waals surface area contributed by atoms with Gasteiger partial charge in [-0.05, 0) is 28.9 Å². The van der Waals surface area contributed by atoms with Crippen LogP contribution in [0.2, 0.25) is 0 Å². The SMILES string of the molecule is O=Cc1cccc(CCS)c1-c1ccccc1. The van der Waals surface area contributed by atoms with Gasteiger partial charge >= 0.3 is 0 Å². The average molecular weight is 242 g/mol. The molecule has 17 heavy (non-hydrogen) atoms. The third-order valence-electron chi connectivity index (χ3n) is 2.75. The highest BCUT2D eigenvalue weighted by atomic mass is 32.1. The number of thiol groups is 1. The van der Waals surface area contributed by atoms with Crippen molar-refractivity contribution in [2.45, 2.75) is 6.42 Å². The second-order valence-corrected chi connectivity index (χ2v) is 4.29. The smallest absolute Gasteiger partial charge is 0.150 e. The van der Waals surface area contributed by atoms with E-state index in [2.05, 4.69) is 18.7 Å². The van der Waals surface area contributed by atoms with E-state index in [1.807, 2.05) is 42.5 Å². The van der Waals surface area contributed by atoms with Crippen LogP contribution in [-0.2, 0) is 6.42 Å². The number of carbonyl (C=O) groups excluding carboxylic acids is 1. The van der Waals surface area contributed by atoms with Crippen LogP contribution in [-0.4, -0.2) is 12.0 Å². The molecule has 0 unspecified atom stereocenters. The second kappa shape index (κ2) is 5.69. The van der Waals surface area contributed by atoms with Crippen molar-refractivity contribution >= 4 is 18.9 Å². The summed E-state index contributed by atoms with van der Waals surface area (Å²) in [7, 11) is 0. The highest BCUT2D eigenvalue weighted by Gasteiger charge is 2.09. The van der Waals surface area contributed by atoms with Crippen LogP contribution in [0, 0.1) is 0 Å². The van der Waals surface area contributed by atoms with Crippen LogP contribution in [0.25, 0.3) is 11.1 Å². The number of hydrogen-bond donors (Lipinski definition) is 1. The van der Waals surface area contributed by atoms with Gasteiger partial charge in [0.2, 0.25) is 0 Å². The van der Waals surface area contributed by atoms with Crippen molar-refractivity contribution in [2.75, 3.05) is 5.75 Å². The Bertz CT molecular complexity index is 506. The molecule has 0 bridgehead atoms. The summed E-state index contributed by atoms with van der Waals surface area (Å²) in [5, 5.41) is 0. The fraction of sp³-hybridized carbons (Fsp3) is 0.133. The first kappa shape index (κ1) is 11.9. The summed E-state index contributed by atoms with van der Waals surface area (Å²) in [6, 6.07) is 15.9. The van der Waals surface area contributed by atoms with E-state index >= 15 is 0 Å². The fourth-order valence-corrected chi connectivity index (χ4v) is 2.24. The molecule has 2 heteroatoms. The molecule has 0 amide bonds. The van der Waals surface area contributed by atoms with Crippen molar-refractivity contribution in [1.82, 2.24) is 0 Å². The third kappa shape index (κ3) is 2.59. The molecule has 2 aromatic carbocycles. The van der Waals surface area contributed by atoms with Gasteiger partial charge in [0.25, 0.3) is 0 Å². The molecule has 0 N–H and O–H groups in total. The molecule has 0 radical (unpaired) electrons. The number of aldehydes is 1. The van der Waals surface area contributed by atoms with E-state index in [4.69, 9.17) is 0 Å². The van der Waals surface area contributed by atoms with Crippen molar-refractivity contribution in [3.63, 3.8) is 0 Å². The number of carbonyl (C=O) groups is 1. The maximum absolute atomic E-state index is 11.1. The van der Waals surface area contributed by atoms with Gasteiger partial charge in [-0.3, -0.25) is 4.79 Å². The molecule has 2 rings (SSSR count). The average Bonchev–Trinajstić information content (AvgIpc) is 2.40. The van der Waals surface area contributed by atoms with Crippen molar-refractivity contribution in [3.8, 4) is 11.1 Å².